The SMILES string of the molecule is COc1ccccc1NC(=O)c1cc(-c2ccc(F)cc2F)ccc1OC(=O)/C=C/c1ccccc1. The minimum absolute atomic E-state index is 0.0245. The number of carbonyl (C=O) groups excluding carboxylic acids is 2. The number of ether oxygens (including phenoxy) is 2. The first kappa shape index (κ1) is 24.3. The van der Waals surface area contributed by atoms with Gasteiger partial charge in [0, 0.05) is 17.7 Å². The number of hydrogen-bond donors (Lipinski definition) is 1. The first-order chi connectivity index (χ1) is 17.4. The van der Waals surface area contributed by atoms with Gasteiger partial charge in [0.25, 0.3) is 5.91 Å². The van der Waals surface area contributed by atoms with E-state index in [1.807, 2.05) is 30.3 Å². The molecular formula is C29H21F2NO4. The van der Waals surface area contributed by atoms with Gasteiger partial charge < -0.3 is 14.8 Å². The van der Waals surface area contributed by atoms with Gasteiger partial charge in [-0.25, -0.2) is 13.6 Å². The second-order valence-corrected chi connectivity index (χ2v) is 7.65. The summed E-state index contributed by atoms with van der Waals surface area (Å²) in [6.45, 7) is 0. The standard InChI is InChI=1S/C29H21F2NO4/c1-35-27-10-6-5-9-25(27)32-29(34)23-17-20(22-14-13-21(30)18-24(22)31)12-15-26(23)36-28(33)16-11-19-7-3-2-4-8-19/h2-18H,1H3,(H,32,34)/b16-11+. The van der Waals surface area contributed by atoms with Crippen LogP contribution in [0.3, 0.4) is 0 Å². The number of methoxy groups -OCH3 is 1. The maximum atomic E-state index is 14.4. The van der Waals surface area contributed by atoms with Gasteiger partial charge >= 0.3 is 5.97 Å². The molecule has 7 heteroatoms. The zero-order valence-electron chi connectivity index (χ0n) is 19.2. The Kier molecular flexibility index (Phi) is 7.51. The van der Waals surface area contributed by atoms with Crippen LogP contribution in [0.15, 0.2) is 97.1 Å². The van der Waals surface area contributed by atoms with Gasteiger partial charge in [-0.05, 0) is 53.6 Å². The molecule has 0 saturated heterocycles. The Morgan fingerprint density at radius 2 is 1.58 bits per heavy atom. The molecule has 4 aromatic carbocycles. The lowest BCUT2D eigenvalue weighted by molar-refractivity contribution is -0.128. The van der Waals surface area contributed by atoms with E-state index in [2.05, 4.69) is 5.32 Å². The van der Waals surface area contributed by atoms with E-state index in [0.717, 1.165) is 17.7 Å². The Labute approximate surface area is 206 Å². The number of benzene rings is 4. The van der Waals surface area contributed by atoms with E-state index in [0.29, 0.717) is 17.0 Å². The molecule has 0 aliphatic rings. The molecule has 0 bridgehead atoms. The highest BCUT2D eigenvalue weighted by Crippen LogP contribution is 2.31. The van der Waals surface area contributed by atoms with Crippen molar-refractivity contribution in [3.8, 4) is 22.6 Å². The number of nitrogens with one attached hydrogen (secondary N) is 1. The van der Waals surface area contributed by atoms with Crippen LogP contribution in [0.1, 0.15) is 15.9 Å². The zero-order chi connectivity index (χ0) is 25.5. The number of carbonyl (C=O) groups is 2. The van der Waals surface area contributed by atoms with E-state index in [-0.39, 0.29) is 16.9 Å². The molecule has 0 heterocycles. The average Bonchev–Trinajstić information content (AvgIpc) is 2.89. The monoisotopic (exact) mass is 485 g/mol. The van der Waals surface area contributed by atoms with Gasteiger partial charge in [-0.2, -0.15) is 0 Å². The van der Waals surface area contributed by atoms with Crippen LogP contribution in [0.25, 0.3) is 17.2 Å². The molecule has 0 aromatic heterocycles. The van der Waals surface area contributed by atoms with Crippen LogP contribution in [0.2, 0.25) is 0 Å². The summed E-state index contributed by atoms with van der Waals surface area (Å²) in [6.07, 6.45) is 2.82. The molecule has 0 atom stereocenters. The summed E-state index contributed by atoms with van der Waals surface area (Å²) >= 11 is 0. The fraction of sp³-hybridized carbons (Fsp3) is 0.0345. The first-order valence-electron chi connectivity index (χ1n) is 10.9. The van der Waals surface area contributed by atoms with Crippen LogP contribution < -0.4 is 14.8 Å². The third-order valence-electron chi connectivity index (χ3n) is 5.24. The Hall–Kier alpha value is -4.78. The lowest BCUT2D eigenvalue weighted by Crippen LogP contribution is -2.16. The molecule has 0 saturated carbocycles. The Bertz CT molecular complexity index is 1430. The molecule has 180 valence electrons. The van der Waals surface area contributed by atoms with Gasteiger partial charge in [0.15, 0.2) is 0 Å². The second kappa shape index (κ2) is 11.1. The Morgan fingerprint density at radius 3 is 2.33 bits per heavy atom. The highest BCUT2D eigenvalue weighted by Gasteiger charge is 2.19. The molecule has 4 aromatic rings. The maximum absolute atomic E-state index is 14.4. The van der Waals surface area contributed by atoms with Crippen molar-refractivity contribution < 1.29 is 27.8 Å². The molecule has 0 spiro atoms. The van der Waals surface area contributed by atoms with Crippen LogP contribution in [0.4, 0.5) is 14.5 Å². The van der Waals surface area contributed by atoms with E-state index in [1.54, 1.807) is 30.3 Å². The van der Waals surface area contributed by atoms with Gasteiger partial charge in [0.2, 0.25) is 0 Å². The minimum atomic E-state index is -0.790. The summed E-state index contributed by atoms with van der Waals surface area (Å²) in [6, 6.07) is 23.4. The summed E-state index contributed by atoms with van der Waals surface area (Å²) in [4.78, 5) is 25.8. The third kappa shape index (κ3) is 5.82. The van der Waals surface area contributed by atoms with Crippen LogP contribution in [-0.2, 0) is 4.79 Å². The quantitative estimate of drug-likeness (QED) is 0.184. The van der Waals surface area contributed by atoms with Gasteiger partial charge in [0.05, 0.1) is 18.4 Å². The molecule has 0 fully saturated rings. The van der Waals surface area contributed by atoms with Crippen molar-refractivity contribution in [2.45, 2.75) is 0 Å². The van der Waals surface area contributed by atoms with Crippen molar-refractivity contribution in [2.75, 3.05) is 12.4 Å². The minimum Gasteiger partial charge on any atom is -0.495 e. The van der Waals surface area contributed by atoms with Crippen molar-refractivity contribution in [3.63, 3.8) is 0 Å². The van der Waals surface area contributed by atoms with E-state index in [4.69, 9.17) is 9.47 Å². The fourth-order valence-corrected chi connectivity index (χ4v) is 3.50. The number of esters is 1. The molecule has 5 nitrogen and oxygen atoms in total. The zero-order valence-corrected chi connectivity index (χ0v) is 19.2. The van der Waals surface area contributed by atoms with Gasteiger partial charge in [0.1, 0.15) is 23.1 Å². The third-order valence-corrected chi connectivity index (χ3v) is 5.24. The Morgan fingerprint density at radius 1 is 0.833 bits per heavy atom. The predicted octanol–water partition coefficient (Wildman–Crippen LogP) is 6.51. The van der Waals surface area contributed by atoms with E-state index in [1.165, 1.54) is 37.5 Å². The van der Waals surface area contributed by atoms with Gasteiger partial charge in [-0.1, -0.05) is 48.5 Å². The molecule has 4 rings (SSSR count). The smallest absolute Gasteiger partial charge is 0.336 e. The predicted molar refractivity (Wildman–Crippen MR) is 134 cm³/mol. The number of rotatable bonds is 7. The van der Waals surface area contributed by atoms with Crippen molar-refractivity contribution in [1.29, 1.82) is 0 Å². The number of hydrogen-bond acceptors (Lipinski definition) is 4. The van der Waals surface area contributed by atoms with Crippen LogP contribution in [0, 0.1) is 11.6 Å². The van der Waals surface area contributed by atoms with Crippen molar-refractivity contribution >= 4 is 23.6 Å². The summed E-state index contributed by atoms with van der Waals surface area (Å²) in [7, 11) is 1.47. The molecular weight excluding hydrogens is 464 g/mol. The van der Waals surface area contributed by atoms with Crippen LogP contribution >= 0.6 is 0 Å². The normalized spacial score (nSPS) is 10.8. The van der Waals surface area contributed by atoms with E-state index >= 15 is 0 Å². The summed E-state index contributed by atoms with van der Waals surface area (Å²) in [5.74, 6) is -2.43. The molecule has 36 heavy (non-hydrogen) atoms. The summed E-state index contributed by atoms with van der Waals surface area (Å²) < 4.78 is 38.6. The molecule has 0 unspecified atom stereocenters. The van der Waals surface area contributed by atoms with Gasteiger partial charge in [-0.15, -0.1) is 0 Å². The molecule has 0 aliphatic heterocycles. The number of para-hydroxylation sites is 2. The number of amides is 1. The van der Waals surface area contributed by atoms with Crippen molar-refractivity contribution in [1.82, 2.24) is 0 Å². The number of anilines is 1. The maximum Gasteiger partial charge on any atom is 0.336 e. The lowest BCUT2D eigenvalue weighted by Gasteiger charge is -2.14. The highest BCUT2D eigenvalue weighted by molar-refractivity contribution is 6.08. The average molecular weight is 485 g/mol. The van der Waals surface area contributed by atoms with E-state index in [9.17, 15) is 18.4 Å². The van der Waals surface area contributed by atoms with Crippen molar-refractivity contribution in [3.05, 3.63) is 120 Å². The molecule has 0 radical (unpaired) electrons. The Balaban J connectivity index is 1.68. The largest absolute Gasteiger partial charge is 0.495 e. The highest BCUT2D eigenvalue weighted by atomic mass is 19.1. The van der Waals surface area contributed by atoms with Crippen LogP contribution in [0.5, 0.6) is 11.5 Å². The van der Waals surface area contributed by atoms with Crippen LogP contribution in [-0.4, -0.2) is 19.0 Å². The molecule has 1 amide bonds. The van der Waals surface area contributed by atoms with E-state index < -0.39 is 23.5 Å². The molecule has 1 N–H and O–H groups in total. The summed E-state index contributed by atoms with van der Waals surface area (Å²) in [5.41, 5.74) is 1.56. The summed E-state index contributed by atoms with van der Waals surface area (Å²) in [5, 5.41) is 2.72. The van der Waals surface area contributed by atoms with Crippen molar-refractivity contribution in [2.24, 2.45) is 0 Å². The first-order valence-corrected chi connectivity index (χ1v) is 10.9. The fourth-order valence-electron chi connectivity index (χ4n) is 3.50. The number of halogens is 2. The second-order valence-electron chi connectivity index (χ2n) is 7.65. The molecule has 0 aliphatic carbocycles. The van der Waals surface area contributed by atoms with Gasteiger partial charge in [-0.3, -0.25) is 4.79 Å². The topological polar surface area (TPSA) is 64.6 Å². The lowest BCUT2D eigenvalue weighted by atomic mass is 10.0.